The predicted molar refractivity (Wildman–Crippen MR) is 78.9 cm³/mol. The van der Waals surface area contributed by atoms with Gasteiger partial charge < -0.3 is 15.4 Å². The normalized spacial score (nSPS) is 14.2. The van der Waals surface area contributed by atoms with Gasteiger partial charge in [-0.2, -0.15) is 0 Å². The lowest BCUT2D eigenvalue weighted by Gasteiger charge is -2.20. The summed E-state index contributed by atoms with van der Waals surface area (Å²) >= 11 is 1.51. The number of fused-ring (bicyclic) bond motifs is 1. The van der Waals surface area contributed by atoms with Crippen LogP contribution in [0, 0.1) is 0 Å². The molecule has 0 aromatic heterocycles. The van der Waals surface area contributed by atoms with Gasteiger partial charge in [-0.05, 0) is 38.5 Å². The Hall–Kier alpha value is -1.69. The molecule has 1 aliphatic rings. The maximum atomic E-state index is 11.6. The van der Waals surface area contributed by atoms with E-state index in [-0.39, 0.29) is 5.91 Å². The van der Waals surface area contributed by atoms with Gasteiger partial charge in [0.15, 0.2) is 0 Å². The van der Waals surface area contributed by atoms with Crippen molar-refractivity contribution in [2.45, 2.75) is 37.8 Å². The van der Waals surface area contributed by atoms with Crippen LogP contribution in [0.25, 0.3) is 0 Å². The molecule has 0 saturated heterocycles. The van der Waals surface area contributed by atoms with E-state index in [1.807, 2.05) is 39.0 Å². The van der Waals surface area contributed by atoms with Gasteiger partial charge in [-0.15, -0.1) is 11.8 Å². The molecule has 0 saturated carbocycles. The quantitative estimate of drug-likeness (QED) is 0.880. The van der Waals surface area contributed by atoms with Crippen LogP contribution in [0.15, 0.2) is 23.1 Å². The zero-order valence-corrected chi connectivity index (χ0v) is 12.6. The maximum Gasteiger partial charge on any atom is 0.407 e. The van der Waals surface area contributed by atoms with Gasteiger partial charge in [-0.25, -0.2) is 4.79 Å². The molecule has 0 bridgehead atoms. The van der Waals surface area contributed by atoms with E-state index in [4.69, 9.17) is 4.74 Å². The molecule has 2 amide bonds. The van der Waals surface area contributed by atoms with Gasteiger partial charge in [0.2, 0.25) is 5.91 Å². The molecule has 0 fully saturated rings. The van der Waals surface area contributed by atoms with Crippen molar-refractivity contribution in [2.75, 3.05) is 11.1 Å². The Bertz CT molecular complexity index is 538. The third-order valence-electron chi connectivity index (χ3n) is 2.51. The molecule has 2 rings (SSSR count). The number of anilines is 1. The molecule has 0 radical (unpaired) electrons. The molecule has 108 valence electrons. The molecule has 0 atom stereocenters. The fraction of sp³-hybridized carbons (Fsp3) is 0.429. The highest BCUT2D eigenvalue weighted by atomic mass is 32.2. The predicted octanol–water partition coefficient (Wildman–Crippen LogP) is 2.76. The van der Waals surface area contributed by atoms with E-state index in [1.54, 1.807) is 0 Å². The molecular formula is C14H18N2O3S. The molecule has 1 aromatic rings. The number of benzene rings is 1. The molecule has 1 aliphatic heterocycles. The zero-order valence-electron chi connectivity index (χ0n) is 11.8. The number of rotatable bonds is 2. The second-order valence-corrected chi connectivity index (χ2v) is 6.54. The lowest BCUT2D eigenvalue weighted by atomic mass is 10.2. The van der Waals surface area contributed by atoms with Crippen molar-refractivity contribution in [1.82, 2.24) is 5.32 Å². The standard InChI is InChI=1S/C14H18N2O3S/c1-14(2,3)19-13(18)15-7-9-4-5-11-10(6-9)16-12(17)8-20-11/h4-6H,7-8H2,1-3H3,(H,15,18)(H,16,17). The number of amides is 2. The van der Waals surface area contributed by atoms with Crippen molar-refractivity contribution in [3.63, 3.8) is 0 Å². The Morgan fingerprint density at radius 3 is 2.90 bits per heavy atom. The van der Waals surface area contributed by atoms with Crippen LogP contribution in [-0.2, 0) is 16.1 Å². The smallest absolute Gasteiger partial charge is 0.407 e. The third kappa shape index (κ3) is 4.16. The van der Waals surface area contributed by atoms with Gasteiger partial charge in [0.25, 0.3) is 0 Å². The molecule has 20 heavy (non-hydrogen) atoms. The lowest BCUT2D eigenvalue weighted by Crippen LogP contribution is -2.32. The van der Waals surface area contributed by atoms with Gasteiger partial charge in [-0.1, -0.05) is 6.07 Å². The summed E-state index contributed by atoms with van der Waals surface area (Å²) in [4.78, 5) is 24.0. The molecule has 1 aromatic carbocycles. The average Bonchev–Trinajstić information content (AvgIpc) is 2.33. The highest BCUT2D eigenvalue weighted by Gasteiger charge is 2.17. The minimum atomic E-state index is -0.509. The van der Waals surface area contributed by atoms with Crippen molar-refractivity contribution < 1.29 is 14.3 Å². The van der Waals surface area contributed by atoms with E-state index in [1.165, 1.54) is 11.8 Å². The number of carbonyl (C=O) groups excluding carboxylic acids is 2. The van der Waals surface area contributed by atoms with Gasteiger partial charge in [0, 0.05) is 11.4 Å². The number of ether oxygens (including phenoxy) is 1. The summed E-state index contributed by atoms with van der Waals surface area (Å²) in [5.41, 5.74) is 1.21. The summed E-state index contributed by atoms with van der Waals surface area (Å²) in [5, 5.41) is 5.52. The highest BCUT2D eigenvalue weighted by molar-refractivity contribution is 8.00. The van der Waals surface area contributed by atoms with Crippen LogP contribution in [0.2, 0.25) is 0 Å². The molecule has 1 heterocycles. The van der Waals surface area contributed by atoms with Crippen LogP contribution >= 0.6 is 11.8 Å². The Morgan fingerprint density at radius 1 is 1.45 bits per heavy atom. The first-order chi connectivity index (χ1) is 9.33. The summed E-state index contributed by atoms with van der Waals surface area (Å²) < 4.78 is 5.17. The molecule has 5 nitrogen and oxygen atoms in total. The number of hydrogen-bond acceptors (Lipinski definition) is 4. The first kappa shape index (κ1) is 14.7. The summed E-state index contributed by atoms with van der Waals surface area (Å²) in [6.07, 6.45) is -0.450. The van der Waals surface area contributed by atoms with E-state index in [0.29, 0.717) is 12.3 Å². The van der Waals surface area contributed by atoms with Crippen molar-refractivity contribution in [3.05, 3.63) is 23.8 Å². The van der Waals surface area contributed by atoms with Crippen LogP contribution in [0.4, 0.5) is 10.5 Å². The van der Waals surface area contributed by atoms with Gasteiger partial charge in [0.05, 0.1) is 11.4 Å². The Kier molecular flexibility index (Phi) is 4.23. The SMILES string of the molecule is CC(C)(C)OC(=O)NCc1ccc2c(c1)NC(=O)CS2. The second-order valence-electron chi connectivity index (χ2n) is 5.52. The van der Waals surface area contributed by atoms with Gasteiger partial charge >= 0.3 is 6.09 Å². The van der Waals surface area contributed by atoms with Gasteiger partial charge in [0.1, 0.15) is 5.60 Å². The second kappa shape index (κ2) is 5.75. The van der Waals surface area contributed by atoms with E-state index in [2.05, 4.69) is 10.6 Å². The van der Waals surface area contributed by atoms with E-state index < -0.39 is 11.7 Å². The first-order valence-electron chi connectivity index (χ1n) is 6.36. The number of hydrogen-bond donors (Lipinski definition) is 2. The molecule has 0 spiro atoms. The minimum absolute atomic E-state index is 0.000230. The van der Waals surface area contributed by atoms with Crippen molar-refractivity contribution in [2.24, 2.45) is 0 Å². The average molecular weight is 294 g/mol. The lowest BCUT2D eigenvalue weighted by molar-refractivity contribution is -0.113. The number of thioether (sulfide) groups is 1. The third-order valence-corrected chi connectivity index (χ3v) is 3.59. The van der Waals surface area contributed by atoms with Crippen LogP contribution in [0.1, 0.15) is 26.3 Å². The summed E-state index contributed by atoms with van der Waals surface area (Å²) in [5.74, 6) is 0.447. The summed E-state index contributed by atoms with van der Waals surface area (Å²) in [7, 11) is 0. The van der Waals surface area contributed by atoms with Crippen LogP contribution < -0.4 is 10.6 Å². The first-order valence-corrected chi connectivity index (χ1v) is 7.34. The molecule has 6 heteroatoms. The number of nitrogens with one attached hydrogen (secondary N) is 2. The highest BCUT2D eigenvalue weighted by Crippen LogP contribution is 2.31. The largest absolute Gasteiger partial charge is 0.444 e. The Morgan fingerprint density at radius 2 is 2.20 bits per heavy atom. The summed E-state index contributed by atoms with van der Waals surface area (Å²) in [6.45, 7) is 5.82. The molecule has 0 unspecified atom stereocenters. The minimum Gasteiger partial charge on any atom is -0.444 e. The molecular weight excluding hydrogens is 276 g/mol. The molecule has 2 N–H and O–H groups in total. The number of carbonyl (C=O) groups is 2. The summed E-state index contributed by atoms with van der Waals surface area (Å²) in [6, 6.07) is 5.75. The van der Waals surface area contributed by atoms with Crippen molar-refractivity contribution >= 4 is 29.4 Å². The zero-order chi connectivity index (χ0) is 14.8. The van der Waals surface area contributed by atoms with E-state index in [0.717, 1.165) is 16.1 Å². The van der Waals surface area contributed by atoms with E-state index in [9.17, 15) is 9.59 Å². The van der Waals surface area contributed by atoms with Gasteiger partial charge in [-0.3, -0.25) is 4.79 Å². The topological polar surface area (TPSA) is 67.4 Å². The Labute approximate surface area is 122 Å². The van der Waals surface area contributed by atoms with Crippen LogP contribution in [0.3, 0.4) is 0 Å². The fourth-order valence-corrected chi connectivity index (χ4v) is 2.52. The van der Waals surface area contributed by atoms with Crippen molar-refractivity contribution in [1.29, 1.82) is 0 Å². The fourth-order valence-electron chi connectivity index (χ4n) is 1.73. The van der Waals surface area contributed by atoms with Crippen LogP contribution in [0.5, 0.6) is 0 Å². The maximum absolute atomic E-state index is 11.6. The molecule has 0 aliphatic carbocycles. The van der Waals surface area contributed by atoms with Crippen molar-refractivity contribution in [3.8, 4) is 0 Å². The van der Waals surface area contributed by atoms with Crippen LogP contribution in [-0.4, -0.2) is 23.4 Å². The number of alkyl carbamates (subject to hydrolysis) is 1. The monoisotopic (exact) mass is 294 g/mol. The Balaban J connectivity index is 1.96. The van der Waals surface area contributed by atoms with E-state index >= 15 is 0 Å².